The maximum atomic E-state index is 13.4. The second-order valence-electron chi connectivity index (χ2n) is 10.5. The molecule has 1 saturated heterocycles. The summed E-state index contributed by atoms with van der Waals surface area (Å²) in [5.74, 6) is -1.50. The monoisotopic (exact) mass is 569 g/mol. The number of benzene rings is 1. The molecule has 1 aliphatic rings. The van der Waals surface area contributed by atoms with Crippen molar-refractivity contribution >= 4 is 28.9 Å². The highest BCUT2D eigenvalue weighted by Crippen LogP contribution is 2.20. The van der Waals surface area contributed by atoms with Gasteiger partial charge in [-0.15, -0.1) is 0 Å². The third kappa shape index (κ3) is 7.61. The fourth-order valence-electron chi connectivity index (χ4n) is 4.84. The van der Waals surface area contributed by atoms with Crippen LogP contribution in [0.3, 0.4) is 0 Å². The highest BCUT2D eigenvalue weighted by atomic mass is 16.5. The quantitative estimate of drug-likeness (QED) is 0.208. The van der Waals surface area contributed by atoms with E-state index in [1.165, 1.54) is 4.57 Å². The number of hydrogen-bond donors (Lipinski definition) is 4. The van der Waals surface area contributed by atoms with E-state index in [-0.39, 0.29) is 36.5 Å². The number of H-pyrrole nitrogens is 1. The zero-order chi connectivity index (χ0) is 29.5. The molecule has 1 amide bonds. The van der Waals surface area contributed by atoms with Gasteiger partial charge < -0.3 is 30.6 Å². The molecule has 0 spiro atoms. The van der Waals surface area contributed by atoms with Crippen LogP contribution in [0, 0.1) is 0 Å². The number of imidazole rings is 1. The number of nitrogens with zero attached hydrogens (tertiary/aromatic N) is 5. The zero-order valence-electron chi connectivity index (χ0n) is 23.6. The molecule has 1 unspecified atom stereocenters. The van der Waals surface area contributed by atoms with E-state index in [0.29, 0.717) is 62.4 Å². The molecule has 222 valence electrons. The van der Waals surface area contributed by atoms with Crippen LogP contribution in [-0.4, -0.2) is 90.3 Å². The van der Waals surface area contributed by atoms with Gasteiger partial charge in [0.25, 0.3) is 0 Å². The molecule has 5 N–H and O–H groups in total. The van der Waals surface area contributed by atoms with Gasteiger partial charge in [0.15, 0.2) is 11.5 Å². The fraction of sp³-hybridized carbons (Fsp3) is 0.536. The number of fused-ring (bicyclic) bond motifs is 1. The fourth-order valence-corrected chi connectivity index (χ4v) is 4.84. The van der Waals surface area contributed by atoms with Gasteiger partial charge >= 0.3 is 17.7 Å². The first-order valence-corrected chi connectivity index (χ1v) is 14.0. The number of carbonyl (C=O) groups is 2. The Balaban J connectivity index is 1.48. The van der Waals surface area contributed by atoms with Crippen LogP contribution in [0.2, 0.25) is 0 Å². The van der Waals surface area contributed by atoms with E-state index in [2.05, 4.69) is 15.0 Å². The average Bonchev–Trinajstić information content (AvgIpc) is 3.50. The minimum atomic E-state index is -0.901. The molecule has 1 fully saturated rings. The van der Waals surface area contributed by atoms with Gasteiger partial charge in [-0.3, -0.25) is 19.1 Å². The Morgan fingerprint density at radius 1 is 1.24 bits per heavy atom. The number of ether oxygens (including phenoxy) is 1. The summed E-state index contributed by atoms with van der Waals surface area (Å²) in [5.41, 5.74) is 7.92. The highest BCUT2D eigenvalue weighted by molar-refractivity contribution is 5.82. The summed E-state index contributed by atoms with van der Waals surface area (Å²) in [7, 11) is 0. The summed E-state index contributed by atoms with van der Waals surface area (Å²) in [5, 5.41) is 19.2. The Hall–Kier alpha value is -3.97. The topological polar surface area (TPSA) is 180 Å². The van der Waals surface area contributed by atoms with Gasteiger partial charge in [-0.1, -0.05) is 37.6 Å². The Labute approximate surface area is 237 Å². The van der Waals surface area contributed by atoms with E-state index in [1.807, 2.05) is 24.0 Å². The van der Waals surface area contributed by atoms with Crippen molar-refractivity contribution < 1.29 is 24.5 Å². The maximum absolute atomic E-state index is 13.4. The number of aromatic nitrogens is 4. The number of carboxylic acids is 1. The molecule has 0 saturated carbocycles. The molecule has 0 bridgehead atoms. The van der Waals surface area contributed by atoms with Gasteiger partial charge in [-0.2, -0.15) is 9.97 Å². The lowest BCUT2D eigenvalue weighted by atomic mass is 10.00. The standard InChI is InChI=1S/C28H39N7O6/c1-3-4-14-41-27-31-24(29)23-25(32-27)35(28(40)30-23)12-5-11-34(22(37)17-33-13-10-21(36)16-33)15-19-6-8-20(9-7-19)18(2)26(38)39/h6-9,18,21,36H,3-5,10-17H2,1-2H3,(H,30,40)(H,38,39)(H2,29,31,32)/t18?,21-/m1/s1. The van der Waals surface area contributed by atoms with E-state index in [4.69, 9.17) is 10.5 Å². The smallest absolute Gasteiger partial charge is 0.327 e. The molecule has 2 aromatic heterocycles. The average molecular weight is 570 g/mol. The summed E-state index contributed by atoms with van der Waals surface area (Å²) in [6.07, 6.45) is 2.45. The number of aliphatic hydroxyl groups excluding tert-OH is 1. The number of amides is 1. The number of aliphatic carboxylic acids is 1. The van der Waals surface area contributed by atoms with Crippen LogP contribution in [0.1, 0.15) is 56.6 Å². The van der Waals surface area contributed by atoms with E-state index in [0.717, 1.165) is 18.4 Å². The molecule has 3 heterocycles. The number of nitrogens with two attached hydrogens (primary N) is 1. The van der Waals surface area contributed by atoms with E-state index in [9.17, 15) is 24.6 Å². The van der Waals surface area contributed by atoms with Crippen LogP contribution in [0.5, 0.6) is 6.01 Å². The number of likely N-dealkylation sites (tertiary alicyclic amines) is 1. The normalized spacial score (nSPS) is 16.2. The molecule has 3 aromatic rings. The molecule has 2 atom stereocenters. The molecule has 41 heavy (non-hydrogen) atoms. The van der Waals surface area contributed by atoms with Crippen molar-refractivity contribution in [2.75, 3.05) is 38.5 Å². The second kappa shape index (κ2) is 13.6. The van der Waals surface area contributed by atoms with E-state index < -0.39 is 18.0 Å². The largest absolute Gasteiger partial charge is 0.481 e. The molecule has 0 radical (unpaired) electrons. The summed E-state index contributed by atoms with van der Waals surface area (Å²) >= 11 is 0. The molecule has 4 rings (SSSR count). The first-order valence-electron chi connectivity index (χ1n) is 14.0. The van der Waals surface area contributed by atoms with E-state index in [1.54, 1.807) is 24.0 Å². The van der Waals surface area contributed by atoms with Gasteiger partial charge in [-0.05, 0) is 37.3 Å². The van der Waals surface area contributed by atoms with Crippen molar-refractivity contribution in [2.45, 2.75) is 64.6 Å². The number of aryl methyl sites for hydroxylation is 1. The second-order valence-corrected chi connectivity index (χ2v) is 10.5. The number of anilines is 1. The van der Waals surface area contributed by atoms with Crippen molar-refractivity contribution in [3.63, 3.8) is 0 Å². The summed E-state index contributed by atoms with van der Waals surface area (Å²) in [6, 6.07) is 7.31. The summed E-state index contributed by atoms with van der Waals surface area (Å²) in [4.78, 5) is 52.4. The van der Waals surface area contributed by atoms with Crippen molar-refractivity contribution in [1.29, 1.82) is 0 Å². The molecular formula is C28H39N7O6. The van der Waals surface area contributed by atoms with Crippen molar-refractivity contribution in [3.8, 4) is 6.01 Å². The number of nitrogen functional groups attached to an aromatic ring is 1. The Morgan fingerprint density at radius 3 is 2.66 bits per heavy atom. The van der Waals surface area contributed by atoms with Crippen LogP contribution in [0.4, 0.5) is 5.82 Å². The highest BCUT2D eigenvalue weighted by Gasteiger charge is 2.25. The number of aliphatic hydroxyl groups is 1. The minimum absolute atomic E-state index is 0.0912. The lowest BCUT2D eigenvalue weighted by molar-refractivity contribution is -0.138. The first kappa shape index (κ1) is 30.0. The van der Waals surface area contributed by atoms with Gasteiger partial charge in [0.05, 0.1) is 25.2 Å². The lowest BCUT2D eigenvalue weighted by Crippen LogP contribution is -2.40. The maximum Gasteiger partial charge on any atom is 0.327 e. The van der Waals surface area contributed by atoms with Crippen LogP contribution in [-0.2, 0) is 22.7 Å². The number of rotatable bonds is 14. The number of unbranched alkanes of at least 4 members (excludes halogenated alkanes) is 1. The van der Waals surface area contributed by atoms with Crippen molar-refractivity contribution in [3.05, 3.63) is 45.9 Å². The van der Waals surface area contributed by atoms with Crippen LogP contribution in [0.25, 0.3) is 11.2 Å². The van der Waals surface area contributed by atoms with Crippen molar-refractivity contribution in [2.24, 2.45) is 0 Å². The predicted molar refractivity (Wildman–Crippen MR) is 153 cm³/mol. The van der Waals surface area contributed by atoms with E-state index >= 15 is 0 Å². The van der Waals surface area contributed by atoms with Gasteiger partial charge in [-0.25, -0.2) is 4.79 Å². The molecule has 13 heteroatoms. The SMILES string of the molecule is CCCCOc1nc(N)c2[nH]c(=O)n(CCCN(Cc3ccc(C(C)C(=O)O)cc3)C(=O)CN3CC[C@@H](O)C3)c2n1. The number of nitrogens with one attached hydrogen (secondary N) is 1. The first-order chi connectivity index (χ1) is 19.7. The molecule has 1 aliphatic heterocycles. The van der Waals surface area contributed by atoms with Crippen molar-refractivity contribution in [1.82, 2.24) is 29.3 Å². The third-order valence-corrected chi connectivity index (χ3v) is 7.35. The number of carbonyl (C=O) groups excluding carboxylic acids is 1. The Bertz CT molecular complexity index is 1400. The third-order valence-electron chi connectivity index (χ3n) is 7.35. The predicted octanol–water partition coefficient (Wildman–Crippen LogP) is 1.55. The van der Waals surface area contributed by atoms with Gasteiger partial charge in [0.1, 0.15) is 5.52 Å². The van der Waals surface area contributed by atoms with Gasteiger partial charge in [0.2, 0.25) is 5.91 Å². The number of carboxylic acid groups (broad SMARTS) is 1. The molecular weight excluding hydrogens is 530 g/mol. The van der Waals surface area contributed by atoms with Crippen LogP contribution in [0.15, 0.2) is 29.1 Å². The molecule has 0 aliphatic carbocycles. The molecule has 1 aromatic carbocycles. The Morgan fingerprint density at radius 2 is 2.00 bits per heavy atom. The van der Waals surface area contributed by atoms with Crippen LogP contribution < -0.4 is 16.2 Å². The number of aromatic amines is 1. The van der Waals surface area contributed by atoms with Crippen LogP contribution >= 0.6 is 0 Å². The Kier molecular flexibility index (Phi) is 9.95. The lowest BCUT2D eigenvalue weighted by Gasteiger charge is -2.26. The number of hydrogen-bond acceptors (Lipinski definition) is 9. The number of β-amino-alcohol motifs (C(OH)–C–C–N with tert-alkyl or cyclic N) is 1. The summed E-state index contributed by atoms with van der Waals surface area (Å²) in [6.45, 7) is 6.37. The zero-order valence-corrected chi connectivity index (χ0v) is 23.6. The van der Waals surface area contributed by atoms with Gasteiger partial charge in [0, 0.05) is 32.7 Å². The minimum Gasteiger partial charge on any atom is -0.481 e. The molecule has 13 nitrogen and oxygen atoms in total. The summed E-state index contributed by atoms with van der Waals surface area (Å²) < 4.78 is 7.08.